The normalized spacial score (nSPS) is 10.4. The Bertz CT molecular complexity index is 525. The van der Waals surface area contributed by atoms with Gasteiger partial charge in [0, 0.05) is 19.0 Å². The molecule has 0 radical (unpaired) electrons. The van der Waals surface area contributed by atoms with Crippen LogP contribution in [0.15, 0.2) is 35.6 Å². The summed E-state index contributed by atoms with van der Waals surface area (Å²) in [6.07, 6.45) is 3.08. The van der Waals surface area contributed by atoms with Crippen molar-refractivity contribution in [3.8, 4) is 0 Å². The first-order chi connectivity index (χ1) is 8.18. The summed E-state index contributed by atoms with van der Waals surface area (Å²) in [7, 11) is 1.74. The quantitative estimate of drug-likeness (QED) is 0.837. The number of nitrogens with zero attached hydrogens (tertiary/aromatic N) is 3. The van der Waals surface area contributed by atoms with Crippen LogP contribution >= 0.6 is 11.8 Å². The number of thioether (sulfide) groups is 1. The van der Waals surface area contributed by atoms with Crippen molar-refractivity contribution in [3.05, 3.63) is 41.9 Å². The maximum atomic E-state index is 11.0. The first kappa shape index (κ1) is 11.7. The predicted octanol–water partition coefficient (Wildman–Crippen LogP) is 1.81. The van der Waals surface area contributed by atoms with Crippen molar-refractivity contribution in [2.75, 3.05) is 0 Å². The van der Waals surface area contributed by atoms with E-state index in [1.165, 1.54) is 18.0 Å². The number of hydrogen-bond donors (Lipinski definition) is 1. The Balaban J connectivity index is 2.14. The van der Waals surface area contributed by atoms with Crippen LogP contribution in [0.5, 0.6) is 0 Å². The van der Waals surface area contributed by atoms with Gasteiger partial charge < -0.3 is 5.11 Å². The molecule has 0 aliphatic carbocycles. The zero-order valence-corrected chi connectivity index (χ0v) is 10.0. The highest BCUT2D eigenvalue weighted by Crippen LogP contribution is 2.22. The predicted molar refractivity (Wildman–Crippen MR) is 64.0 cm³/mol. The fourth-order valence-electron chi connectivity index (χ4n) is 1.39. The largest absolute Gasteiger partial charge is 0.478 e. The third-order valence-corrected chi connectivity index (χ3v) is 3.24. The monoisotopic (exact) mass is 249 g/mol. The molecule has 0 saturated heterocycles. The molecule has 0 atom stereocenters. The molecular formula is C11H11N3O2S. The number of pyridine rings is 1. The van der Waals surface area contributed by atoms with E-state index in [-0.39, 0.29) is 5.56 Å². The van der Waals surface area contributed by atoms with Crippen molar-refractivity contribution < 1.29 is 9.90 Å². The number of hydrogen-bond acceptors (Lipinski definition) is 4. The Morgan fingerprint density at radius 1 is 1.53 bits per heavy atom. The summed E-state index contributed by atoms with van der Waals surface area (Å²) in [5, 5.41) is 13.8. The van der Waals surface area contributed by atoms with Gasteiger partial charge in [-0.15, -0.1) is 11.8 Å². The molecule has 2 rings (SSSR count). The van der Waals surface area contributed by atoms with Crippen LogP contribution in [0.4, 0.5) is 0 Å². The van der Waals surface area contributed by atoms with E-state index in [4.69, 9.17) is 5.11 Å². The summed E-state index contributed by atoms with van der Waals surface area (Å²) in [6.45, 7) is 0. The molecular weight excluding hydrogens is 238 g/mol. The highest BCUT2D eigenvalue weighted by atomic mass is 32.2. The Morgan fingerprint density at radius 3 is 3.00 bits per heavy atom. The average Bonchev–Trinajstić information content (AvgIpc) is 2.69. The molecule has 0 aromatic carbocycles. The average molecular weight is 249 g/mol. The zero-order chi connectivity index (χ0) is 12.3. The number of carboxylic acid groups (broad SMARTS) is 1. The third kappa shape index (κ3) is 2.65. The van der Waals surface area contributed by atoms with Crippen LogP contribution in [-0.4, -0.2) is 25.8 Å². The highest BCUT2D eigenvalue weighted by molar-refractivity contribution is 7.98. The number of rotatable bonds is 4. The van der Waals surface area contributed by atoms with Crippen LogP contribution in [0.1, 0.15) is 16.1 Å². The van der Waals surface area contributed by atoms with E-state index in [9.17, 15) is 4.79 Å². The molecule has 2 aromatic rings. The van der Waals surface area contributed by atoms with E-state index in [0.29, 0.717) is 11.4 Å². The maximum absolute atomic E-state index is 11.0. The van der Waals surface area contributed by atoms with Crippen LogP contribution < -0.4 is 0 Å². The van der Waals surface area contributed by atoms with Crippen molar-refractivity contribution in [1.82, 2.24) is 14.8 Å². The van der Waals surface area contributed by atoms with Crippen molar-refractivity contribution in [2.24, 2.45) is 7.05 Å². The van der Waals surface area contributed by atoms with Gasteiger partial charge in [-0.05, 0) is 12.1 Å². The molecule has 0 saturated carbocycles. The molecule has 2 heterocycles. The zero-order valence-electron chi connectivity index (χ0n) is 9.20. The van der Waals surface area contributed by atoms with Gasteiger partial charge in [0.2, 0.25) is 0 Å². The maximum Gasteiger partial charge on any atom is 0.339 e. The summed E-state index contributed by atoms with van der Waals surface area (Å²) >= 11 is 1.49. The topological polar surface area (TPSA) is 68.0 Å². The molecule has 5 nitrogen and oxygen atoms in total. The van der Waals surface area contributed by atoms with Gasteiger partial charge in [0.05, 0.1) is 16.9 Å². The molecule has 6 heteroatoms. The van der Waals surface area contributed by atoms with Crippen molar-refractivity contribution in [2.45, 2.75) is 10.8 Å². The van der Waals surface area contributed by atoms with Crippen molar-refractivity contribution in [3.63, 3.8) is 0 Å². The fraction of sp³-hybridized carbons (Fsp3) is 0.182. The summed E-state index contributed by atoms with van der Waals surface area (Å²) in [5.74, 6) is -0.412. The number of aromatic nitrogens is 3. The van der Waals surface area contributed by atoms with Gasteiger partial charge in [-0.2, -0.15) is 5.10 Å². The minimum absolute atomic E-state index is 0.246. The van der Waals surface area contributed by atoms with Crippen LogP contribution in [0.3, 0.4) is 0 Å². The smallest absolute Gasteiger partial charge is 0.339 e. The van der Waals surface area contributed by atoms with Gasteiger partial charge in [-0.25, -0.2) is 9.78 Å². The molecule has 88 valence electrons. The summed E-state index contributed by atoms with van der Waals surface area (Å²) in [5.41, 5.74) is 0.934. The Labute approximate surface area is 102 Å². The second-order valence-electron chi connectivity index (χ2n) is 3.39. The van der Waals surface area contributed by atoms with Gasteiger partial charge in [-0.1, -0.05) is 6.07 Å². The molecule has 0 aliphatic rings. The molecule has 0 aliphatic heterocycles. The van der Waals surface area contributed by atoms with E-state index in [0.717, 1.165) is 5.03 Å². The second kappa shape index (κ2) is 5.01. The summed E-state index contributed by atoms with van der Waals surface area (Å²) in [6, 6.07) is 5.63. The molecule has 0 amide bonds. The van der Waals surface area contributed by atoms with Crippen molar-refractivity contribution in [1.29, 1.82) is 0 Å². The lowest BCUT2D eigenvalue weighted by Gasteiger charge is -2.03. The molecule has 17 heavy (non-hydrogen) atoms. The number of aryl methyl sites for hydroxylation is 1. The van der Waals surface area contributed by atoms with Crippen LogP contribution in [0.25, 0.3) is 0 Å². The van der Waals surface area contributed by atoms with Crippen LogP contribution in [0.2, 0.25) is 0 Å². The summed E-state index contributed by atoms with van der Waals surface area (Å²) < 4.78 is 1.58. The van der Waals surface area contributed by atoms with E-state index in [1.54, 1.807) is 17.9 Å². The SMILES string of the molecule is Cn1ncc(C(=O)O)c1CSc1ccccn1. The van der Waals surface area contributed by atoms with Crippen molar-refractivity contribution >= 4 is 17.7 Å². The highest BCUT2D eigenvalue weighted by Gasteiger charge is 2.14. The molecule has 2 aromatic heterocycles. The molecule has 0 spiro atoms. The molecule has 0 unspecified atom stereocenters. The number of carbonyl (C=O) groups is 1. The van der Waals surface area contributed by atoms with Gasteiger partial charge in [0.1, 0.15) is 5.56 Å². The Kier molecular flexibility index (Phi) is 3.43. The van der Waals surface area contributed by atoms with E-state index in [2.05, 4.69) is 10.1 Å². The number of aromatic carboxylic acids is 1. The molecule has 0 bridgehead atoms. The minimum Gasteiger partial charge on any atom is -0.478 e. The summed E-state index contributed by atoms with van der Waals surface area (Å²) in [4.78, 5) is 15.1. The van der Waals surface area contributed by atoms with Gasteiger partial charge in [-0.3, -0.25) is 4.68 Å². The van der Waals surface area contributed by atoms with E-state index in [1.807, 2.05) is 18.2 Å². The van der Waals surface area contributed by atoms with Crippen LogP contribution in [0, 0.1) is 0 Å². The van der Waals surface area contributed by atoms with E-state index >= 15 is 0 Å². The first-order valence-corrected chi connectivity index (χ1v) is 5.95. The van der Waals surface area contributed by atoms with Gasteiger partial charge >= 0.3 is 5.97 Å². The fourth-order valence-corrected chi connectivity index (χ4v) is 2.32. The van der Waals surface area contributed by atoms with Gasteiger partial charge in [0.15, 0.2) is 0 Å². The first-order valence-electron chi connectivity index (χ1n) is 4.96. The molecule has 0 fully saturated rings. The van der Waals surface area contributed by atoms with Crippen LogP contribution in [-0.2, 0) is 12.8 Å². The van der Waals surface area contributed by atoms with Gasteiger partial charge in [0.25, 0.3) is 0 Å². The second-order valence-corrected chi connectivity index (χ2v) is 4.39. The lowest BCUT2D eigenvalue weighted by molar-refractivity contribution is 0.0696. The Hall–Kier alpha value is -1.82. The third-order valence-electron chi connectivity index (χ3n) is 2.29. The standard InChI is InChI=1S/C11H11N3O2S/c1-14-9(8(6-13-14)11(15)16)7-17-10-4-2-3-5-12-10/h2-6H,7H2,1H3,(H,15,16). The Morgan fingerprint density at radius 2 is 2.35 bits per heavy atom. The molecule has 1 N–H and O–H groups in total. The minimum atomic E-state index is -0.949. The number of carboxylic acids is 1. The lowest BCUT2D eigenvalue weighted by Crippen LogP contribution is -2.03. The lowest BCUT2D eigenvalue weighted by atomic mass is 10.3. The van der Waals surface area contributed by atoms with E-state index < -0.39 is 5.97 Å².